The molecule has 108 valence electrons. The number of amides is 1. The van der Waals surface area contributed by atoms with E-state index in [1.807, 2.05) is 0 Å². The first-order valence-electron chi connectivity index (χ1n) is 5.78. The summed E-state index contributed by atoms with van der Waals surface area (Å²) in [6, 6.07) is 10.9. The number of thiocarbonyl (C=S) groups is 1. The van der Waals surface area contributed by atoms with Gasteiger partial charge in [0.2, 0.25) is 0 Å². The molecule has 0 aromatic heterocycles. The van der Waals surface area contributed by atoms with Crippen LogP contribution in [0.3, 0.4) is 0 Å². The fourth-order valence-corrected chi connectivity index (χ4v) is 2.28. The van der Waals surface area contributed by atoms with Gasteiger partial charge in [0.05, 0.1) is 5.69 Å². The van der Waals surface area contributed by atoms with Gasteiger partial charge in [0.1, 0.15) is 5.82 Å². The van der Waals surface area contributed by atoms with Crippen molar-refractivity contribution in [3.63, 3.8) is 0 Å². The van der Waals surface area contributed by atoms with Crippen LogP contribution in [0, 0.1) is 5.82 Å². The maximum atomic E-state index is 13.6. The Balaban J connectivity index is 2.03. The van der Waals surface area contributed by atoms with Crippen LogP contribution in [0.5, 0.6) is 0 Å². The lowest BCUT2D eigenvalue weighted by atomic mass is 10.2. The molecule has 7 heteroatoms. The van der Waals surface area contributed by atoms with Crippen LogP contribution in [0.4, 0.5) is 10.1 Å². The maximum Gasteiger partial charge on any atom is 0.257 e. The topological polar surface area (TPSA) is 41.1 Å². The van der Waals surface area contributed by atoms with Crippen molar-refractivity contribution >= 4 is 56.5 Å². The smallest absolute Gasteiger partial charge is 0.257 e. The number of carbonyl (C=O) groups excluding carboxylic acids is 1. The highest BCUT2D eigenvalue weighted by atomic mass is 79.9. The first-order valence-corrected chi connectivity index (χ1v) is 7.36. The first-order chi connectivity index (χ1) is 9.95. The number of nitrogens with one attached hydrogen (secondary N) is 2. The molecule has 0 saturated carbocycles. The monoisotopic (exact) mass is 386 g/mol. The lowest BCUT2D eigenvalue weighted by Gasteiger charge is -2.10. The fraction of sp³-hybridized carbons (Fsp3) is 0. The van der Waals surface area contributed by atoms with Crippen molar-refractivity contribution in [3.05, 3.63) is 63.3 Å². The summed E-state index contributed by atoms with van der Waals surface area (Å²) < 4.78 is 14.3. The van der Waals surface area contributed by atoms with Crippen molar-refractivity contribution in [2.75, 3.05) is 5.32 Å². The van der Waals surface area contributed by atoms with Crippen molar-refractivity contribution in [1.29, 1.82) is 0 Å². The molecule has 21 heavy (non-hydrogen) atoms. The van der Waals surface area contributed by atoms with E-state index in [0.717, 1.165) is 0 Å². The molecule has 0 aliphatic heterocycles. The summed E-state index contributed by atoms with van der Waals surface area (Å²) in [4.78, 5) is 11.9. The number of rotatable bonds is 2. The Labute approximate surface area is 139 Å². The van der Waals surface area contributed by atoms with Gasteiger partial charge >= 0.3 is 0 Å². The van der Waals surface area contributed by atoms with Crippen molar-refractivity contribution in [3.8, 4) is 0 Å². The lowest BCUT2D eigenvalue weighted by molar-refractivity contribution is 0.0977. The number of carbonyl (C=O) groups is 1. The third-order valence-corrected chi connectivity index (χ3v) is 3.43. The highest BCUT2D eigenvalue weighted by Crippen LogP contribution is 2.19. The van der Waals surface area contributed by atoms with Gasteiger partial charge in [0.15, 0.2) is 5.11 Å². The molecule has 0 radical (unpaired) electrons. The predicted octanol–water partition coefficient (Wildman–Crippen LogP) is 4.37. The molecule has 2 rings (SSSR count). The minimum atomic E-state index is -0.483. The molecule has 0 spiro atoms. The summed E-state index contributed by atoms with van der Waals surface area (Å²) in [7, 11) is 0. The summed E-state index contributed by atoms with van der Waals surface area (Å²) in [6.07, 6.45) is 0. The van der Waals surface area contributed by atoms with Gasteiger partial charge in [-0.05, 0) is 48.6 Å². The Morgan fingerprint density at radius 3 is 2.67 bits per heavy atom. The van der Waals surface area contributed by atoms with Crippen LogP contribution in [0.25, 0.3) is 0 Å². The second kappa shape index (κ2) is 6.98. The summed E-state index contributed by atoms with van der Waals surface area (Å²) >= 11 is 13.9. The van der Waals surface area contributed by atoms with E-state index in [1.54, 1.807) is 24.3 Å². The zero-order valence-corrected chi connectivity index (χ0v) is 13.7. The molecule has 0 saturated heterocycles. The molecule has 0 unspecified atom stereocenters. The number of anilines is 1. The van der Waals surface area contributed by atoms with E-state index in [-0.39, 0.29) is 10.8 Å². The van der Waals surface area contributed by atoms with E-state index < -0.39 is 11.7 Å². The van der Waals surface area contributed by atoms with Gasteiger partial charge in [-0.15, -0.1) is 0 Å². The molecule has 0 bridgehead atoms. The van der Waals surface area contributed by atoms with E-state index in [2.05, 4.69) is 26.6 Å². The van der Waals surface area contributed by atoms with E-state index >= 15 is 0 Å². The van der Waals surface area contributed by atoms with Gasteiger partial charge < -0.3 is 5.32 Å². The zero-order chi connectivity index (χ0) is 15.4. The lowest BCUT2D eigenvalue weighted by Crippen LogP contribution is -2.34. The highest BCUT2D eigenvalue weighted by molar-refractivity contribution is 9.10. The third kappa shape index (κ3) is 4.49. The van der Waals surface area contributed by atoms with Crippen molar-refractivity contribution in [2.45, 2.75) is 0 Å². The molecule has 0 aliphatic carbocycles. The quantitative estimate of drug-likeness (QED) is 0.752. The molecule has 2 N–H and O–H groups in total. The molecule has 0 heterocycles. The van der Waals surface area contributed by atoms with Crippen LogP contribution in [0.2, 0.25) is 5.02 Å². The molecule has 3 nitrogen and oxygen atoms in total. The van der Waals surface area contributed by atoms with Gasteiger partial charge in [-0.1, -0.05) is 33.6 Å². The van der Waals surface area contributed by atoms with Gasteiger partial charge in [-0.3, -0.25) is 10.1 Å². The minimum Gasteiger partial charge on any atom is -0.330 e. The van der Waals surface area contributed by atoms with Crippen LogP contribution in [-0.2, 0) is 0 Å². The zero-order valence-electron chi connectivity index (χ0n) is 10.5. The van der Waals surface area contributed by atoms with Crippen LogP contribution in [0.15, 0.2) is 46.9 Å². The second-order valence-corrected chi connectivity index (χ2v) is 5.80. The molecule has 2 aromatic carbocycles. The molecular weight excluding hydrogens is 379 g/mol. The van der Waals surface area contributed by atoms with E-state index in [1.165, 1.54) is 18.2 Å². The largest absolute Gasteiger partial charge is 0.330 e. The van der Waals surface area contributed by atoms with E-state index in [9.17, 15) is 9.18 Å². The highest BCUT2D eigenvalue weighted by Gasteiger charge is 2.10. The summed E-state index contributed by atoms with van der Waals surface area (Å²) in [6.45, 7) is 0. The first kappa shape index (κ1) is 15.9. The maximum absolute atomic E-state index is 13.6. The summed E-state index contributed by atoms with van der Waals surface area (Å²) in [5.74, 6) is -0.906. The van der Waals surface area contributed by atoms with Gasteiger partial charge in [-0.2, -0.15) is 0 Å². The minimum absolute atomic E-state index is 0.00111. The Bertz CT molecular complexity index is 711. The summed E-state index contributed by atoms with van der Waals surface area (Å²) in [5.41, 5.74) is 0.539. The van der Waals surface area contributed by atoms with Gasteiger partial charge in [-0.25, -0.2) is 4.39 Å². The molecule has 0 fully saturated rings. The van der Waals surface area contributed by atoms with Gasteiger partial charge in [0.25, 0.3) is 5.91 Å². The number of hydrogen-bond donors (Lipinski definition) is 2. The van der Waals surface area contributed by atoms with E-state index in [4.69, 9.17) is 23.8 Å². The van der Waals surface area contributed by atoms with Crippen molar-refractivity contribution in [1.82, 2.24) is 5.32 Å². The normalized spacial score (nSPS) is 10.0. The average molecular weight is 388 g/mol. The molecule has 0 atom stereocenters. The summed E-state index contributed by atoms with van der Waals surface area (Å²) in [5, 5.41) is 5.53. The SMILES string of the molecule is O=C(NC(=S)Nc1ccc(Br)cc1F)c1cccc(Cl)c1. The number of hydrogen-bond acceptors (Lipinski definition) is 2. The number of halogens is 3. The fourth-order valence-electron chi connectivity index (χ4n) is 1.55. The van der Waals surface area contributed by atoms with Gasteiger partial charge in [0, 0.05) is 15.1 Å². The Kier molecular flexibility index (Phi) is 5.27. The second-order valence-electron chi connectivity index (χ2n) is 4.04. The predicted molar refractivity (Wildman–Crippen MR) is 89.2 cm³/mol. The molecular formula is C14H9BrClFN2OS. The Morgan fingerprint density at radius 2 is 2.00 bits per heavy atom. The molecule has 0 aliphatic rings. The van der Waals surface area contributed by atoms with E-state index in [0.29, 0.717) is 15.1 Å². The van der Waals surface area contributed by atoms with Crippen molar-refractivity contribution < 1.29 is 9.18 Å². The van der Waals surface area contributed by atoms with Crippen molar-refractivity contribution in [2.24, 2.45) is 0 Å². The van der Waals surface area contributed by atoms with Crippen LogP contribution in [0.1, 0.15) is 10.4 Å². The Hall–Kier alpha value is -1.50. The standard InChI is InChI=1S/C14H9BrClFN2OS/c15-9-4-5-12(11(17)7-9)18-14(21)19-13(20)8-2-1-3-10(16)6-8/h1-7H,(H2,18,19,20,21). The third-order valence-electron chi connectivity index (χ3n) is 2.49. The average Bonchev–Trinajstić information content (AvgIpc) is 2.42. The number of benzene rings is 2. The Morgan fingerprint density at radius 1 is 1.24 bits per heavy atom. The van der Waals surface area contributed by atoms with Crippen LogP contribution < -0.4 is 10.6 Å². The van der Waals surface area contributed by atoms with Crippen LogP contribution in [-0.4, -0.2) is 11.0 Å². The van der Waals surface area contributed by atoms with Crippen LogP contribution >= 0.6 is 39.7 Å². The molecule has 2 aromatic rings. The molecule has 1 amide bonds.